The van der Waals surface area contributed by atoms with Crippen LogP contribution in [0, 0.1) is 13.8 Å². The largest absolute Gasteiger partial charge is 0.355 e. The van der Waals surface area contributed by atoms with Gasteiger partial charge in [-0.05, 0) is 26.0 Å². The molecule has 0 aliphatic heterocycles. The van der Waals surface area contributed by atoms with Crippen molar-refractivity contribution < 1.29 is 9.59 Å². The number of halogens is 1. The van der Waals surface area contributed by atoms with Gasteiger partial charge in [0.25, 0.3) is 11.8 Å². The molecule has 0 aliphatic carbocycles. The second-order valence-corrected chi connectivity index (χ2v) is 6.47. The van der Waals surface area contributed by atoms with Gasteiger partial charge in [0.15, 0.2) is 0 Å². The number of hydrogen-bond acceptors (Lipinski definition) is 7. The summed E-state index contributed by atoms with van der Waals surface area (Å²) >= 11 is 5.76. The molecule has 10 heteroatoms. The highest BCUT2D eigenvalue weighted by Gasteiger charge is 2.16. The fourth-order valence-electron chi connectivity index (χ4n) is 2.56. The summed E-state index contributed by atoms with van der Waals surface area (Å²) < 4.78 is 0. The predicted molar refractivity (Wildman–Crippen MR) is 110 cm³/mol. The van der Waals surface area contributed by atoms with E-state index in [0.29, 0.717) is 23.0 Å². The molecule has 0 atom stereocenters. The van der Waals surface area contributed by atoms with Gasteiger partial charge in [-0.25, -0.2) is 19.9 Å². The standard InChI is InChI=1S/C19H18ClN7O2/c1-10-6-17(25-11(2)24-10)27-16-7-14(13(9-23-16)19(29)21-3)26-18(28)12-4-5-15(20)22-8-12/h4-9H,1-3H3,(H,21,29)(H2,23,24,25,26,27,28). The highest BCUT2D eigenvalue weighted by molar-refractivity contribution is 6.29. The zero-order valence-electron chi connectivity index (χ0n) is 15.9. The van der Waals surface area contributed by atoms with Gasteiger partial charge < -0.3 is 16.0 Å². The number of aryl methyl sites for hydroxylation is 2. The summed E-state index contributed by atoms with van der Waals surface area (Å²) in [5.74, 6) is 0.736. The number of carbonyl (C=O) groups excluding carboxylic acids is 2. The number of amides is 2. The van der Waals surface area contributed by atoms with E-state index in [2.05, 4.69) is 35.9 Å². The van der Waals surface area contributed by atoms with E-state index in [4.69, 9.17) is 11.6 Å². The molecule has 3 aromatic heterocycles. The van der Waals surface area contributed by atoms with E-state index >= 15 is 0 Å². The van der Waals surface area contributed by atoms with Crippen LogP contribution in [-0.2, 0) is 0 Å². The smallest absolute Gasteiger partial charge is 0.257 e. The van der Waals surface area contributed by atoms with Gasteiger partial charge in [-0.15, -0.1) is 0 Å². The second-order valence-electron chi connectivity index (χ2n) is 6.08. The first kappa shape index (κ1) is 20.2. The van der Waals surface area contributed by atoms with Gasteiger partial charge in [0.2, 0.25) is 0 Å². The summed E-state index contributed by atoms with van der Waals surface area (Å²) in [5.41, 5.74) is 1.59. The summed E-state index contributed by atoms with van der Waals surface area (Å²) in [6, 6.07) is 6.37. The lowest BCUT2D eigenvalue weighted by molar-refractivity contribution is 0.0963. The van der Waals surface area contributed by atoms with Crippen LogP contribution in [0.2, 0.25) is 5.15 Å². The van der Waals surface area contributed by atoms with Crippen molar-refractivity contribution in [3.8, 4) is 0 Å². The van der Waals surface area contributed by atoms with Gasteiger partial charge in [-0.2, -0.15) is 0 Å². The Morgan fingerprint density at radius 1 is 0.966 bits per heavy atom. The molecule has 0 aliphatic rings. The maximum absolute atomic E-state index is 12.6. The molecule has 3 heterocycles. The number of carbonyl (C=O) groups is 2. The number of nitrogens with zero attached hydrogens (tertiary/aromatic N) is 4. The third-order valence-electron chi connectivity index (χ3n) is 3.84. The number of pyridine rings is 2. The maximum Gasteiger partial charge on any atom is 0.257 e. The first-order chi connectivity index (χ1) is 13.9. The molecule has 3 aromatic rings. The van der Waals surface area contributed by atoms with Crippen LogP contribution in [0.4, 0.5) is 17.3 Å². The number of rotatable bonds is 5. The van der Waals surface area contributed by atoms with Crippen LogP contribution < -0.4 is 16.0 Å². The fraction of sp³-hybridized carbons (Fsp3) is 0.158. The lowest BCUT2D eigenvalue weighted by Crippen LogP contribution is -2.22. The Labute approximate surface area is 172 Å². The molecule has 0 saturated heterocycles. The van der Waals surface area contributed by atoms with E-state index in [-0.39, 0.29) is 22.3 Å². The number of hydrogen-bond donors (Lipinski definition) is 3. The monoisotopic (exact) mass is 411 g/mol. The van der Waals surface area contributed by atoms with Gasteiger partial charge in [0.1, 0.15) is 22.6 Å². The number of aromatic nitrogens is 4. The van der Waals surface area contributed by atoms with Crippen molar-refractivity contribution in [3.05, 3.63) is 64.5 Å². The minimum Gasteiger partial charge on any atom is -0.355 e. The SMILES string of the molecule is CNC(=O)c1cnc(Nc2cc(C)nc(C)n2)cc1NC(=O)c1ccc(Cl)nc1. The quantitative estimate of drug-likeness (QED) is 0.552. The van der Waals surface area contributed by atoms with E-state index in [1.54, 1.807) is 19.1 Å². The average molecular weight is 412 g/mol. The van der Waals surface area contributed by atoms with Gasteiger partial charge in [0.05, 0.1) is 16.8 Å². The summed E-state index contributed by atoms with van der Waals surface area (Å²) in [7, 11) is 1.50. The molecular formula is C19H18ClN7O2. The Morgan fingerprint density at radius 3 is 2.41 bits per heavy atom. The minimum absolute atomic E-state index is 0.211. The molecule has 148 valence electrons. The van der Waals surface area contributed by atoms with Gasteiger partial charge in [0, 0.05) is 37.3 Å². The normalized spacial score (nSPS) is 10.3. The maximum atomic E-state index is 12.6. The topological polar surface area (TPSA) is 122 Å². The van der Waals surface area contributed by atoms with Gasteiger partial charge in [-0.1, -0.05) is 11.6 Å². The molecule has 0 bridgehead atoms. The van der Waals surface area contributed by atoms with E-state index in [0.717, 1.165) is 5.69 Å². The van der Waals surface area contributed by atoms with Crippen LogP contribution >= 0.6 is 11.6 Å². The summed E-state index contributed by atoms with van der Waals surface area (Å²) in [6.07, 6.45) is 2.72. The molecule has 0 aromatic carbocycles. The zero-order chi connectivity index (χ0) is 21.0. The molecule has 9 nitrogen and oxygen atoms in total. The average Bonchev–Trinajstić information content (AvgIpc) is 2.67. The highest BCUT2D eigenvalue weighted by atomic mass is 35.5. The van der Waals surface area contributed by atoms with Crippen LogP contribution in [0.15, 0.2) is 36.7 Å². The molecule has 3 N–H and O–H groups in total. The molecule has 0 saturated carbocycles. The third-order valence-corrected chi connectivity index (χ3v) is 4.06. The van der Waals surface area contributed by atoms with Crippen LogP contribution in [0.1, 0.15) is 32.2 Å². The van der Waals surface area contributed by atoms with E-state index < -0.39 is 5.91 Å². The summed E-state index contributed by atoms with van der Waals surface area (Å²) in [6.45, 7) is 3.64. The number of nitrogens with one attached hydrogen (secondary N) is 3. The lowest BCUT2D eigenvalue weighted by Gasteiger charge is -2.13. The van der Waals surface area contributed by atoms with E-state index in [1.165, 1.54) is 31.6 Å². The Morgan fingerprint density at radius 2 is 1.76 bits per heavy atom. The Kier molecular flexibility index (Phi) is 5.99. The van der Waals surface area contributed by atoms with Crippen molar-refractivity contribution in [2.75, 3.05) is 17.7 Å². The predicted octanol–water partition coefficient (Wildman–Crippen LogP) is 2.89. The first-order valence-corrected chi connectivity index (χ1v) is 8.98. The van der Waals surface area contributed by atoms with Crippen molar-refractivity contribution in [2.24, 2.45) is 0 Å². The third kappa shape index (κ3) is 5.02. The zero-order valence-corrected chi connectivity index (χ0v) is 16.7. The second kappa shape index (κ2) is 8.61. The first-order valence-electron chi connectivity index (χ1n) is 8.60. The summed E-state index contributed by atoms with van der Waals surface area (Å²) in [5, 5.41) is 8.57. The number of anilines is 3. The Hall–Kier alpha value is -3.59. The van der Waals surface area contributed by atoms with Crippen molar-refractivity contribution in [1.29, 1.82) is 0 Å². The van der Waals surface area contributed by atoms with Gasteiger partial charge in [-0.3, -0.25) is 9.59 Å². The van der Waals surface area contributed by atoms with Crippen molar-refractivity contribution in [2.45, 2.75) is 13.8 Å². The molecule has 2 amide bonds. The van der Waals surface area contributed by atoms with Crippen LogP contribution in [-0.4, -0.2) is 38.8 Å². The minimum atomic E-state index is -0.440. The molecule has 0 spiro atoms. The molecule has 3 rings (SSSR count). The lowest BCUT2D eigenvalue weighted by atomic mass is 10.2. The molecule has 0 unspecified atom stereocenters. The molecular weight excluding hydrogens is 394 g/mol. The van der Waals surface area contributed by atoms with Crippen LogP contribution in [0.25, 0.3) is 0 Å². The van der Waals surface area contributed by atoms with Gasteiger partial charge >= 0.3 is 0 Å². The molecule has 29 heavy (non-hydrogen) atoms. The highest BCUT2D eigenvalue weighted by Crippen LogP contribution is 2.22. The van der Waals surface area contributed by atoms with E-state index in [9.17, 15) is 9.59 Å². The van der Waals surface area contributed by atoms with Crippen molar-refractivity contribution in [3.63, 3.8) is 0 Å². The van der Waals surface area contributed by atoms with Crippen LogP contribution in [0.3, 0.4) is 0 Å². The molecule has 0 radical (unpaired) electrons. The van der Waals surface area contributed by atoms with E-state index in [1.807, 2.05) is 6.92 Å². The summed E-state index contributed by atoms with van der Waals surface area (Å²) in [4.78, 5) is 41.4. The Balaban J connectivity index is 1.92. The molecule has 0 fully saturated rings. The fourth-order valence-corrected chi connectivity index (χ4v) is 2.67. The van der Waals surface area contributed by atoms with Crippen molar-refractivity contribution >= 4 is 40.7 Å². The van der Waals surface area contributed by atoms with Crippen LogP contribution in [0.5, 0.6) is 0 Å². The van der Waals surface area contributed by atoms with Crippen molar-refractivity contribution in [1.82, 2.24) is 25.3 Å². The Bertz CT molecular complexity index is 1050.